The fraction of sp³-hybridized carbons (Fsp3) is 0.333. The predicted octanol–water partition coefficient (Wildman–Crippen LogP) is -2.18. The van der Waals surface area contributed by atoms with E-state index in [9.17, 15) is 24.3 Å². The lowest BCUT2D eigenvalue weighted by atomic mass is 10.0. The number of carbonyl (C=O) groups is 4. The van der Waals surface area contributed by atoms with E-state index >= 15 is 0 Å². The summed E-state index contributed by atoms with van der Waals surface area (Å²) in [5.41, 5.74) is 10.8. The molecule has 25 heavy (non-hydrogen) atoms. The van der Waals surface area contributed by atoms with Crippen molar-refractivity contribution in [3.63, 3.8) is 0 Å². The molecule has 0 spiro atoms. The quantitative estimate of drug-likeness (QED) is 0.292. The topological polar surface area (TPSA) is 185 Å². The molecule has 0 bridgehead atoms. The SMILES string of the molecule is NCC(=O)NC(Cc1ccc(O)cc1)C(=O)NC(CC(N)=O)C(=O)O. The lowest BCUT2D eigenvalue weighted by Gasteiger charge is -2.21. The molecule has 136 valence electrons. The van der Waals surface area contributed by atoms with Gasteiger partial charge in [-0.1, -0.05) is 12.1 Å². The molecule has 0 saturated heterocycles. The highest BCUT2D eigenvalue weighted by Crippen LogP contribution is 2.11. The highest BCUT2D eigenvalue weighted by Gasteiger charge is 2.27. The van der Waals surface area contributed by atoms with Gasteiger partial charge in [-0.05, 0) is 17.7 Å². The molecule has 0 aliphatic heterocycles. The van der Waals surface area contributed by atoms with Crippen LogP contribution in [0.3, 0.4) is 0 Å². The molecule has 1 aromatic carbocycles. The van der Waals surface area contributed by atoms with Gasteiger partial charge in [0.15, 0.2) is 0 Å². The van der Waals surface area contributed by atoms with Crippen LogP contribution in [0, 0.1) is 0 Å². The number of carbonyl (C=O) groups excluding carboxylic acids is 3. The summed E-state index contributed by atoms with van der Waals surface area (Å²) in [7, 11) is 0. The van der Waals surface area contributed by atoms with E-state index in [0.717, 1.165) is 0 Å². The summed E-state index contributed by atoms with van der Waals surface area (Å²) in [6, 6.07) is 3.27. The number of phenolic OH excluding ortho intramolecular Hbond substituents is 1. The number of aromatic hydroxyl groups is 1. The predicted molar refractivity (Wildman–Crippen MR) is 86.2 cm³/mol. The summed E-state index contributed by atoms with van der Waals surface area (Å²) in [5.74, 6) is -3.71. The smallest absolute Gasteiger partial charge is 0.326 e. The number of nitrogens with two attached hydrogens (primary N) is 2. The minimum absolute atomic E-state index is 0.0285. The van der Waals surface area contributed by atoms with E-state index in [2.05, 4.69) is 10.6 Å². The molecule has 0 radical (unpaired) electrons. The molecule has 2 unspecified atom stereocenters. The number of hydrogen-bond donors (Lipinski definition) is 6. The van der Waals surface area contributed by atoms with Gasteiger partial charge in [-0.15, -0.1) is 0 Å². The number of primary amides is 1. The van der Waals surface area contributed by atoms with Crippen LogP contribution in [0.4, 0.5) is 0 Å². The first-order valence-corrected chi connectivity index (χ1v) is 7.31. The third kappa shape index (κ3) is 6.87. The standard InChI is InChI=1S/C15H20N4O6/c16-7-13(22)18-10(5-8-1-3-9(20)4-2-8)14(23)19-11(15(24)25)6-12(17)21/h1-4,10-11,20H,5-7,16H2,(H2,17,21)(H,18,22)(H,19,23)(H,24,25). The first-order chi connectivity index (χ1) is 11.7. The molecule has 0 saturated carbocycles. The molecule has 0 aliphatic rings. The molecular weight excluding hydrogens is 332 g/mol. The van der Waals surface area contributed by atoms with Crippen LogP contribution in [0.25, 0.3) is 0 Å². The van der Waals surface area contributed by atoms with Crippen molar-refractivity contribution in [2.24, 2.45) is 11.5 Å². The molecule has 0 heterocycles. The van der Waals surface area contributed by atoms with E-state index in [1.807, 2.05) is 0 Å². The Morgan fingerprint density at radius 1 is 1.04 bits per heavy atom. The average Bonchev–Trinajstić information content (AvgIpc) is 2.54. The third-order valence-electron chi connectivity index (χ3n) is 3.23. The van der Waals surface area contributed by atoms with Crippen LogP contribution < -0.4 is 22.1 Å². The van der Waals surface area contributed by atoms with Crippen LogP contribution in [-0.2, 0) is 25.6 Å². The van der Waals surface area contributed by atoms with Crippen LogP contribution in [0.1, 0.15) is 12.0 Å². The molecule has 3 amide bonds. The first-order valence-electron chi connectivity index (χ1n) is 7.31. The summed E-state index contributed by atoms with van der Waals surface area (Å²) in [6.07, 6.45) is -0.557. The number of hydrogen-bond acceptors (Lipinski definition) is 6. The lowest BCUT2D eigenvalue weighted by molar-refractivity contribution is -0.143. The van der Waals surface area contributed by atoms with Gasteiger partial charge in [0.2, 0.25) is 17.7 Å². The van der Waals surface area contributed by atoms with Crippen LogP contribution in [0.5, 0.6) is 5.75 Å². The molecule has 8 N–H and O–H groups in total. The Bertz CT molecular complexity index is 646. The largest absolute Gasteiger partial charge is 0.508 e. The van der Waals surface area contributed by atoms with E-state index in [0.29, 0.717) is 5.56 Å². The van der Waals surface area contributed by atoms with Crippen molar-refractivity contribution < 1.29 is 29.4 Å². The number of aliphatic carboxylic acids is 1. The zero-order chi connectivity index (χ0) is 19.0. The second-order valence-electron chi connectivity index (χ2n) is 5.26. The van der Waals surface area contributed by atoms with Crippen LogP contribution in [0.15, 0.2) is 24.3 Å². The van der Waals surface area contributed by atoms with Gasteiger partial charge >= 0.3 is 5.97 Å². The van der Waals surface area contributed by atoms with Gasteiger partial charge in [0, 0.05) is 6.42 Å². The fourth-order valence-corrected chi connectivity index (χ4v) is 2.00. The molecule has 0 aliphatic carbocycles. The second kappa shape index (κ2) is 9.23. The molecule has 1 aromatic rings. The van der Waals surface area contributed by atoms with Gasteiger partial charge < -0.3 is 32.3 Å². The van der Waals surface area contributed by atoms with Gasteiger partial charge in [0.1, 0.15) is 17.8 Å². The van der Waals surface area contributed by atoms with Crippen molar-refractivity contribution >= 4 is 23.7 Å². The zero-order valence-electron chi connectivity index (χ0n) is 13.3. The second-order valence-corrected chi connectivity index (χ2v) is 5.26. The summed E-state index contributed by atoms with van der Waals surface area (Å²) in [4.78, 5) is 45.9. The van der Waals surface area contributed by atoms with E-state index in [4.69, 9.17) is 16.6 Å². The molecule has 0 aromatic heterocycles. The highest BCUT2D eigenvalue weighted by atomic mass is 16.4. The minimum Gasteiger partial charge on any atom is -0.508 e. The van der Waals surface area contributed by atoms with Crippen LogP contribution in [0.2, 0.25) is 0 Å². The molecular formula is C15H20N4O6. The molecule has 1 rings (SSSR count). The zero-order valence-corrected chi connectivity index (χ0v) is 13.3. The molecule has 10 nitrogen and oxygen atoms in total. The Morgan fingerprint density at radius 2 is 1.64 bits per heavy atom. The Labute approximate surface area is 143 Å². The van der Waals surface area contributed by atoms with Gasteiger partial charge in [-0.3, -0.25) is 14.4 Å². The number of benzene rings is 1. The Balaban J connectivity index is 2.90. The van der Waals surface area contributed by atoms with E-state index in [1.54, 1.807) is 12.1 Å². The number of carboxylic acid groups (broad SMARTS) is 1. The summed E-state index contributed by atoms with van der Waals surface area (Å²) >= 11 is 0. The number of nitrogens with one attached hydrogen (secondary N) is 2. The highest BCUT2D eigenvalue weighted by molar-refractivity contribution is 5.92. The van der Waals surface area contributed by atoms with Crippen molar-refractivity contribution in [2.45, 2.75) is 24.9 Å². The summed E-state index contributed by atoms with van der Waals surface area (Å²) < 4.78 is 0. The van der Waals surface area contributed by atoms with Gasteiger partial charge in [0.25, 0.3) is 0 Å². The van der Waals surface area contributed by atoms with Gasteiger partial charge in [-0.25, -0.2) is 4.79 Å². The summed E-state index contributed by atoms with van der Waals surface area (Å²) in [6.45, 7) is -0.358. The van der Waals surface area contributed by atoms with Crippen molar-refractivity contribution in [3.05, 3.63) is 29.8 Å². The monoisotopic (exact) mass is 352 g/mol. The first kappa shape index (κ1) is 19.9. The van der Waals surface area contributed by atoms with Crippen LogP contribution >= 0.6 is 0 Å². The Hall–Kier alpha value is -3.14. The normalized spacial score (nSPS) is 12.7. The van der Waals surface area contributed by atoms with Gasteiger partial charge in [-0.2, -0.15) is 0 Å². The molecule has 2 atom stereocenters. The molecule has 0 fully saturated rings. The lowest BCUT2D eigenvalue weighted by Crippen LogP contribution is -2.54. The van der Waals surface area contributed by atoms with Crippen LogP contribution in [-0.4, -0.2) is 52.5 Å². The van der Waals surface area contributed by atoms with E-state index < -0.39 is 42.2 Å². The van der Waals surface area contributed by atoms with Crippen molar-refractivity contribution in [2.75, 3.05) is 6.54 Å². The maximum Gasteiger partial charge on any atom is 0.326 e. The minimum atomic E-state index is -1.51. The number of amides is 3. The maximum absolute atomic E-state index is 12.3. The third-order valence-corrected chi connectivity index (χ3v) is 3.23. The maximum atomic E-state index is 12.3. The molecule has 10 heteroatoms. The van der Waals surface area contributed by atoms with Crippen molar-refractivity contribution in [1.29, 1.82) is 0 Å². The van der Waals surface area contributed by atoms with Gasteiger partial charge in [0.05, 0.1) is 13.0 Å². The van der Waals surface area contributed by atoms with E-state index in [-0.39, 0.29) is 18.7 Å². The Morgan fingerprint density at radius 3 is 2.12 bits per heavy atom. The number of carboxylic acids is 1. The van der Waals surface area contributed by atoms with Crippen molar-refractivity contribution in [1.82, 2.24) is 10.6 Å². The number of phenols is 1. The fourth-order valence-electron chi connectivity index (χ4n) is 2.00. The number of rotatable bonds is 9. The van der Waals surface area contributed by atoms with E-state index in [1.165, 1.54) is 12.1 Å². The Kier molecular flexibility index (Phi) is 7.35. The average molecular weight is 352 g/mol. The van der Waals surface area contributed by atoms with Crippen molar-refractivity contribution in [3.8, 4) is 5.75 Å². The summed E-state index contributed by atoms with van der Waals surface area (Å²) in [5, 5.41) is 22.9.